The Hall–Kier alpha value is -1.44. The van der Waals surface area contributed by atoms with Gasteiger partial charge in [-0.15, -0.1) is 0 Å². The van der Waals surface area contributed by atoms with E-state index in [-0.39, 0.29) is 0 Å². The molecule has 0 aliphatic carbocycles. The minimum absolute atomic E-state index is 0.429. The highest BCUT2D eigenvalue weighted by Gasteiger charge is 2.26. The van der Waals surface area contributed by atoms with Gasteiger partial charge in [0.15, 0.2) is 0 Å². The van der Waals surface area contributed by atoms with Gasteiger partial charge in [-0.3, -0.25) is 0 Å². The summed E-state index contributed by atoms with van der Waals surface area (Å²) in [6.45, 7) is 6.02. The van der Waals surface area contributed by atoms with Crippen LogP contribution in [0.3, 0.4) is 0 Å². The maximum atomic E-state index is 9.88. The van der Waals surface area contributed by atoms with E-state index < -0.39 is 12.2 Å². The summed E-state index contributed by atoms with van der Waals surface area (Å²) < 4.78 is 5.38. The van der Waals surface area contributed by atoms with E-state index in [0.717, 1.165) is 31.0 Å². The van der Waals surface area contributed by atoms with E-state index in [1.165, 1.54) is 0 Å². The van der Waals surface area contributed by atoms with Crippen molar-refractivity contribution in [3.05, 3.63) is 11.8 Å². The second-order valence-electron chi connectivity index (χ2n) is 5.92. The number of piperidine rings is 1. The lowest BCUT2D eigenvalue weighted by atomic mass is 10.1. The van der Waals surface area contributed by atoms with E-state index in [1.807, 2.05) is 11.0 Å². The van der Waals surface area contributed by atoms with E-state index >= 15 is 0 Å². The number of aromatic nitrogens is 2. The van der Waals surface area contributed by atoms with Gasteiger partial charge >= 0.3 is 0 Å². The lowest BCUT2D eigenvalue weighted by Crippen LogP contribution is -2.46. The second-order valence-corrected chi connectivity index (χ2v) is 5.92. The smallest absolute Gasteiger partial charge is 0.227 e. The molecule has 3 rings (SSSR count). The van der Waals surface area contributed by atoms with Crippen molar-refractivity contribution >= 4 is 11.8 Å². The molecule has 1 aromatic heterocycles. The molecule has 0 amide bonds. The second kappa shape index (κ2) is 6.76. The highest BCUT2D eigenvalue weighted by Crippen LogP contribution is 2.22. The van der Waals surface area contributed by atoms with Crippen molar-refractivity contribution in [3.63, 3.8) is 0 Å². The van der Waals surface area contributed by atoms with Gasteiger partial charge in [0.05, 0.1) is 25.4 Å². The maximum Gasteiger partial charge on any atom is 0.227 e. The van der Waals surface area contributed by atoms with Crippen LogP contribution >= 0.6 is 0 Å². The molecule has 0 aromatic carbocycles. The molecule has 0 radical (unpaired) electrons. The lowest BCUT2D eigenvalue weighted by Gasteiger charge is -2.35. The first-order valence-electron chi connectivity index (χ1n) is 7.97. The van der Waals surface area contributed by atoms with Crippen molar-refractivity contribution < 1.29 is 14.9 Å². The van der Waals surface area contributed by atoms with E-state index in [9.17, 15) is 10.2 Å². The van der Waals surface area contributed by atoms with Crippen LogP contribution in [0.4, 0.5) is 11.8 Å². The molecule has 2 aliphatic rings. The lowest BCUT2D eigenvalue weighted by molar-refractivity contribution is 0.0648. The Labute approximate surface area is 130 Å². The molecule has 3 heterocycles. The zero-order valence-corrected chi connectivity index (χ0v) is 13.0. The third-order valence-corrected chi connectivity index (χ3v) is 4.14. The van der Waals surface area contributed by atoms with Gasteiger partial charge in [-0.25, -0.2) is 4.98 Å². The van der Waals surface area contributed by atoms with Crippen LogP contribution in [0.5, 0.6) is 0 Å². The average molecular weight is 308 g/mol. The Balaban J connectivity index is 1.86. The average Bonchev–Trinajstić information content (AvgIpc) is 2.54. The maximum absolute atomic E-state index is 9.88. The third-order valence-electron chi connectivity index (χ3n) is 4.14. The molecule has 7 heteroatoms. The van der Waals surface area contributed by atoms with Crippen LogP contribution in [0.2, 0.25) is 0 Å². The van der Waals surface area contributed by atoms with Gasteiger partial charge in [-0.05, 0) is 6.42 Å². The van der Waals surface area contributed by atoms with Crippen LogP contribution in [-0.4, -0.2) is 71.8 Å². The number of aryl methyl sites for hydroxylation is 1. The highest BCUT2D eigenvalue weighted by molar-refractivity contribution is 5.47. The number of anilines is 2. The van der Waals surface area contributed by atoms with Crippen LogP contribution in [0.1, 0.15) is 19.0 Å². The van der Waals surface area contributed by atoms with Crippen LogP contribution in [-0.2, 0) is 11.2 Å². The number of hydrogen-bond donors (Lipinski definition) is 2. The zero-order chi connectivity index (χ0) is 15.5. The van der Waals surface area contributed by atoms with Gasteiger partial charge in [0, 0.05) is 44.4 Å². The fourth-order valence-electron chi connectivity index (χ4n) is 2.95. The SMILES string of the molecule is CCc1cc(N2C[C@H](O)C[C@@H](O)C2)nc(N2CCOCC2)n1. The molecule has 0 unspecified atom stereocenters. The largest absolute Gasteiger partial charge is 0.391 e. The summed E-state index contributed by atoms with van der Waals surface area (Å²) in [5, 5.41) is 19.8. The van der Waals surface area contributed by atoms with Crippen molar-refractivity contribution in [2.24, 2.45) is 0 Å². The molecule has 7 nitrogen and oxygen atoms in total. The number of morpholine rings is 1. The molecule has 2 N–H and O–H groups in total. The fourth-order valence-corrected chi connectivity index (χ4v) is 2.95. The molecule has 2 fully saturated rings. The predicted octanol–water partition coefficient (Wildman–Crippen LogP) is -0.192. The number of aliphatic hydroxyl groups excluding tert-OH is 2. The van der Waals surface area contributed by atoms with E-state index in [2.05, 4.69) is 21.8 Å². The normalized spacial score (nSPS) is 26.3. The van der Waals surface area contributed by atoms with Gasteiger partial charge in [0.1, 0.15) is 5.82 Å². The van der Waals surface area contributed by atoms with E-state index in [4.69, 9.17) is 4.74 Å². The molecule has 122 valence electrons. The molecule has 0 saturated carbocycles. The van der Waals surface area contributed by atoms with E-state index in [0.29, 0.717) is 38.7 Å². The first-order chi connectivity index (χ1) is 10.7. The molecule has 2 aliphatic heterocycles. The standard InChI is InChI=1S/C15H24N4O3/c1-2-11-7-14(19-9-12(20)8-13(21)10-19)17-15(16-11)18-3-5-22-6-4-18/h7,12-13,20-21H,2-6,8-10H2,1H3/t12-,13-/m1/s1. The molecule has 1 aromatic rings. The summed E-state index contributed by atoms with van der Waals surface area (Å²) in [6, 6.07) is 1.95. The number of nitrogens with zero attached hydrogens (tertiary/aromatic N) is 4. The van der Waals surface area contributed by atoms with Gasteiger partial charge < -0.3 is 24.7 Å². The molecule has 22 heavy (non-hydrogen) atoms. The quantitative estimate of drug-likeness (QED) is 0.801. The molecule has 0 spiro atoms. The van der Waals surface area contributed by atoms with Gasteiger partial charge in [0.2, 0.25) is 5.95 Å². The summed E-state index contributed by atoms with van der Waals surface area (Å²) in [7, 11) is 0. The van der Waals surface area contributed by atoms with Gasteiger partial charge in [0.25, 0.3) is 0 Å². The van der Waals surface area contributed by atoms with Crippen molar-refractivity contribution in [2.45, 2.75) is 32.0 Å². The number of ether oxygens (including phenoxy) is 1. The predicted molar refractivity (Wildman–Crippen MR) is 83.3 cm³/mol. The Bertz CT molecular complexity index is 498. The van der Waals surface area contributed by atoms with Crippen molar-refractivity contribution in [1.29, 1.82) is 0 Å². The Morgan fingerprint density at radius 2 is 1.82 bits per heavy atom. The summed E-state index contributed by atoms with van der Waals surface area (Å²) >= 11 is 0. The summed E-state index contributed by atoms with van der Waals surface area (Å²) in [5.41, 5.74) is 0.973. The topological polar surface area (TPSA) is 82.0 Å². The van der Waals surface area contributed by atoms with Crippen molar-refractivity contribution in [3.8, 4) is 0 Å². The minimum Gasteiger partial charge on any atom is -0.391 e. The number of hydrogen-bond acceptors (Lipinski definition) is 7. The Kier molecular flexibility index (Phi) is 4.75. The van der Waals surface area contributed by atoms with E-state index in [1.54, 1.807) is 0 Å². The van der Waals surface area contributed by atoms with Gasteiger partial charge in [-0.2, -0.15) is 4.98 Å². The minimum atomic E-state index is -0.518. The summed E-state index contributed by atoms with van der Waals surface area (Å²) in [4.78, 5) is 13.4. The molecule has 2 atom stereocenters. The Morgan fingerprint density at radius 3 is 2.45 bits per heavy atom. The molecular formula is C15H24N4O3. The Morgan fingerprint density at radius 1 is 1.14 bits per heavy atom. The van der Waals surface area contributed by atoms with Crippen molar-refractivity contribution in [2.75, 3.05) is 49.2 Å². The molecule has 2 saturated heterocycles. The monoisotopic (exact) mass is 308 g/mol. The van der Waals surface area contributed by atoms with Crippen LogP contribution in [0.15, 0.2) is 6.07 Å². The summed E-state index contributed by atoms with van der Waals surface area (Å²) in [5.74, 6) is 1.50. The van der Waals surface area contributed by atoms with Crippen LogP contribution in [0.25, 0.3) is 0 Å². The summed E-state index contributed by atoms with van der Waals surface area (Å²) in [6.07, 6.45) is 0.218. The molecule has 0 bridgehead atoms. The van der Waals surface area contributed by atoms with Crippen molar-refractivity contribution in [1.82, 2.24) is 9.97 Å². The number of β-amino-alcohol motifs (C(OH)–C–C–N with tert-alkyl or cyclic N) is 2. The first kappa shape index (κ1) is 15.5. The number of aliphatic hydroxyl groups is 2. The van der Waals surface area contributed by atoms with Gasteiger partial charge in [-0.1, -0.05) is 6.92 Å². The van der Waals surface area contributed by atoms with Crippen LogP contribution in [0, 0.1) is 0 Å². The number of rotatable bonds is 3. The highest BCUT2D eigenvalue weighted by atomic mass is 16.5. The zero-order valence-electron chi connectivity index (χ0n) is 13.0. The molecular weight excluding hydrogens is 284 g/mol. The fraction of sp³-hybridized carbons (Fsp3) is 0.733. The first-order valence-corrected chi connectivity index (χ1v) is 7.97. The van der Waals surface area contributed by atoms with Crippen LogP contribution < -0.4 is 9.80 Å². The third kappa shape index (κ3) is 3.48.